The van der Waals surface area contributed by atoms with Gasteiger partial charge in [-0.2, -0.15) is 14.8 Å². The van der Waals surface area contributed by atoms with Gasteiger partial charge in [0.15, 0.2) is 0 Å². The molecule has 0 saturated carbocycles. The van der Waals surface area contributed by atoms with E-state index in [1.807, 2.05) is 42.5 Å². The van der Waals surface area contributed by atoms with Crippen LogP contribution in [0.2, 0.25) is 0 Å². The van der Waals surface area contributed by atoms with Crippen molar-refractivity contribution in [2.75, 3.05) is 0 Å². The zero-order valence-electron chi connectivity index (χ0n) is 11.2. The monoisotopic (exact) mass is 276 g/mol. The Morgan fingerprint density at radius 2 is 1.95 bits per heavy atom. The molecule has 0 aliphatic rings. The predicted molar refractivity (Wildman–Crippen MR) is 80.4 cm³/mol. The van der Waals surface area contributed by atoms with Crippen molar-refractivity contribution in [3.63, 3.8) is 0 Å². The van der Waals surface area contributed by atoms with Gasteiger partial charge in [-0.3, -0.25) is 4.79 Å². The fourth-order valence-corrected chi connectivity index (χ4v) is 2.55. The lowest BCUT2D eigenvalue weighted by molar-refractivity contribution is 0.800. The lowest BCUT2D eigenvalue weighted by Crippen LogP contribution is -2.12. The van der Waals surface area contributed by atoms with Gasteiger partial charge in [-0.1, -0.05) is 18.2 Å². The molecule has 0 fully saturated rings. The summed E-state index contributed by atoms with van der Waals surface area (Å²) in [6.45, 7) is 0. The van der Waals surface area contributed by atoms with E-state index in [4.69, 9.17) is 0 Å². The first-order valence-electron chi connectivity index (χ1n) is 6.70. The van der Waals surface area contributed by atoms with Crippen molar-refractivity contribution in [3.05, 3.63) is 76.3 Å². The number of para-hydroxylation sites is 1. The van der Waals surface area contributed by atoms with Gasteiger partial charge in [-0.15, -0.1) is 0 Å². The maximum atomic E-state index is 12.2. The molecule has 0 atom stereocenters. The van der Waals surface area contributed by atoms with E-state index in [0.717, 1.165) is 27.5 Å². The summed E-state index contributed by atoms with van der Waals surface area (Å²) >= 11 is 0. The summed E-state index contributed by atoms with van der Waals surface area (Å²) in [5, 5.41) is 9.36. The minimum Gasteiger partial charge on any atom is -0.322 e. The van der Waals surface area contributed by atoms with Crippen molar-refractivity contribution in [1.82, 2.24) is 19.8 Å². The van der Waals surface area contributed by atoms with Crippen molar-refractivity contribution >= 4 is 16.4 Å². The van der Waals surface area contributed by atoms with Crippen molar-refractivity contribution in [2.24, 2.45) is 0 Å². The van der Waals surface area contributed by atoms with Gasteiger partial charge in [0.2, 0.25) is 0 Å². The van der Waals surface area contributed by atoms with Gasteiger partial charge in [-0.25, -0.2) is 0 Å². The molecule has 102 valence electrons. The summed E-state index contributed by atoms with van der Waals surface area (Å²) in [6.07, 6.45) is 3.99. The van der Waals surface area contributed by atoms with Gasteiger partial charge in [0.1, 0.15) is 0 Å². The van der Waals surface area contributed by atoms with Crippen molar-refractivity contribution in [2.45, 2.75) is 6.42 Å². The van der Waals surface area contributed by atoms with Crippen LogP contribution in [0.1, 0.15) is 11.1 Å². The van der Waals surface area contributed by atoms with Crippen LogP contribution in [0.5, 0.6) is 0 Å². The molecule has 21 heavy (non-hydrogen) atoms. The zero-order valence-corrected chi connectivity index (χ0v) is 11.2. The fourth-order valence-electron chi connectivity index (χ4n) is 2.55. The maximum absolute atomic E-state index is 12.2. The first-order valence-corrected chi connectivity index (χ1v) is 6.70. The SMILES string of the molecule is O=c1[nH]c2ccccc2cc1Cc1cnn2ncccc12. The second-order valence-corrected chi connectivity index (χ2v) is 4.96. The number of nitrogens with one attached hydrogen (secondary N) is 1. The Kier molecular flexibility index (Phi) is 2.57. The second kappa shape index (κ2) is 4.56. The van der Waals surface area contributed by atoms with Crippen molar-refractivity contribution in [3.8, 4) is 0 Å². The molecule has 0 amide bonds. The van der Waals surface area contributed by atoms with Gasteiger partial charge in [0.25, 0.3) is 5.56 Å². The van der Waals surface area contributed by atoms with Crippen LogP contribution < -0.4 is 5.56 Å². The van der Waals surface area contributed by atoms with Crippen LogP contribution in [0.15, 0.2) is 59.7 Å². The fraction of sp³-hybridized carbons (Fsp3) is 0.0625. The van der Waals surface area contributed by atoms with Crippen LogP contribution >= 0.6 is 0 Å². The summed E-state index contributed by atoms with van der Waals surface area (Å²) in [4.78, 5) is 15.1. The normalized spacial score (nSPS) is 11.2. The Balaban J connectivity index is 1.84. The molecule has 5 heteroatoms. The van der Waals surface area contributed by atoms with E-state index in [1.54, 1.807) is 17.0 Å². The molecular weight excluding hydrogens is 264 g/mol. The molecule has 4 rings (SSSR count). The van der Waals surface area contributed by atoms with E-state index in [9.17, 15) is 4.79 Å². The quantitative estimate of drug-likeness (QED) is 0.610. The topological polar surface area (TPSA) is 63.0 Å². The number of benzene rings is 1. The van der Waals surface area contributed by atoms with Crippen LogP contribution in [0.3, 0.4) is 0 Å². The number of hydrogen-bond acceptors (Lipinski definition) is 3. The number of aromatic amines is 1. The first kappa shape index (κ1) is 11.8. The highest BCUT2D eigenvalue weighted by atomic mass is 16.1. The van der Waals surface area contributed by atoms with Gasteiger partial charge < -0.3 is 4.98 Å². The first-order chi connectivity index (χ1) is 10.3. The van der Waals surface area contributed by atoms with E-state index in [-0.39, 0.29) is 5.56 Å². The van der Waals surface area contributed by atoms with Crippen molar-refractivity contribution < 1.29 is 0 Å². The maximum Gasteiger partial charge on any atom is 0.251 e. The second-order valence-electron chi connectivity index (χ2n) is 4.96. The Labute approximate surface area is 119 Å². The Bertz CT molecular complexity index is 1000. The average molecular weight is 276 g/mol. The average Bonchev–Trinajstić information content (AvgIpc) is 2.91. The number of fused-ring (bicyclic) bond motifs is 2. The smallest absolute Gasteiger partial charge is 0.251 e. The van der Waals surface area contributed by atoms with Crippen molar-refractivity contribution in [1.29, 1.82) is 0 Å². The van der Waals surface area contributed by atoms with Crippen LogP contribution in [0.4, 0.5) is 0 Å². The number of pyridine rings is 1. The summed E-state index contributed by atoms with van der Waals surface area (Å²) in [6, 6.07) is 13.5. The van der Waals surface area contributed by atoms with Crippen LogP contribution in [-0.4, -0.2) is 19.8 Å². The summed E-state index contributed by atoms with van der Waals surface area (Å²) in [7, 11) is 0. The number of nitrogens with zero attached hydrogens (tertiary/aromatic N) is 3. The van der Waals surface area contributed by atoms with E-state index in [1.165, 1.54) is 0 Å². The molecule has 3 aromatic heterocycles. The summed E-state index contributed by atoms with van der Waals surface area (Å²) in [5.41, 5.74) is 3.44. The minimum atomic E-state index is -0.0584. The molecule has 1 aromatic carbocycles. The minimum absolute atomic E-state index is 0.0584. The highest BCUT2D eigenvalue weighted by Crippen LogP contribution is 2.15. The van der Waals surface area contributed by atoms with Gasteiger partial charge in [-0.05, 0) is 29.7 Å². The largest absolute Gasteiger partial charge is 0.322 e. The van der Waals surface area contributed by atoms with E-state index < -0.39 is 0 Å². The molecule has 0 unspecified atom stereocenters. The molecule has 4 aromatic rings. The Morgan fingerprint density at radius 3 is 2.90 bits per heavy atom. The highest BCUT2D eigenvalue weighted by molar-refractivity contribution is 5.78. The third-order valence-corrected chi connectivity index (χ3v) is 3.59. The Morgan fingerprint density at radius 1 is 1.05 bits per heavy atom. The molecule has 0 bridgehead atoms. The van der Waals surface area contributed by atoms with E-state index in [0.29, 0.717) is 6.42 Å². The van der Waals surface area contributed by atoms with E-state index in [2.05, 4.69) is 15.2 Å². The number of aromatic nitrogens is 4. The predicted octanol–water partition coefficient (Wildman–Crippen LogP) is 2.16. The molecule has 0 saturated heterocycles. The standard InChI is InChI=1S/C16H12N4O/c21-16-12(8-11-4-1-2-5-14(11)19-16)9-13-10-18-20-15(13)6-3-7-17-20/h1-8,10H,9H2,(H,19,21). The zero-order chi connectivity index (χ0) is 14.2. The van der Waals surface area contributed by atoms with Gasteiger partial charge in [0.05, 0.1) is 11.7 Å². The third-order valence-electron chi connectivity index (χ3n) is 3.59. The number of hydrogen-bond donors (Lipinski definition) is 1. The molecular formula is C16H12N4O. The summed E-state index contributed by atoms with van der Waals surface area (Å²) in [5.74, 6) is 0. The number of H-pyrrole nitrogens is 1. The molecule has 0 spiro atoms. The lowest BCUT2D eigenvalue weighted by atomic mass is 10.1. The van der Waals surface area contributed by atoms with Crippen LogP contribution in [0, 0.1) is 0 Å². The molecule has 0 aliphatic carbocycles. The molecule has 0 radical (unpaired) electrons. The molecule has 5 nitrogen and oxygen atoms in total. The van der Waals surface area contributed by atoms with E-state index >= 15 is 0 Å². The van der Waals surface area contributed by atoms with Crippen LogP contribution in [0.25, 0.3) is 16.4 Å². The highest BCUT2D eigenvalue weighted by Gasteiger charge is 2.08. The van der Waals surface area contributed by atoms with Crippen LogP contribution in [-0.2, 0) is 6.42 Å². The molecule has 3 heterocycles. The third kappa shape index (κ3) is 1.99. The molecule has 0 aliphatic heterocycles. The lowest BCUT2D eigenvalue weighted by Gasteiger charge is -2.02. The van der Waals surface area contributed by atoms with Gasteiger partial charge in [0, 0.05) is 29.3 Å². The number of rotatable bonds is 2. The van der Waals surface area contributed by atoms with Gasteiger partial charge >= 0.3 is 0 Å². The Hall–Kier alpha value is -2.95. The molecule has 1 N–H and O–H groups in total. The summed E-state index contributed by atoms with van der Waals surface area (Å²) < 4.78 is 1.57.